The molecule has 0 fully saturated rings. The highest BCUT2D eigenvalue weighted by molar-refractivity contribution is 5.79. The molecule has 2 aromatic rings. The highest BCUT2D eigenvalue weighted by Gasteiger charge is 2.24. The Hall–Kier alpha value is -2.11. The molecule has 1 atom stereocenters. The van der Waals surface area contributed by atoms with E-state index in [4.69, 9.17) is 0 Å². The zero-order valence-corrected chi connectivity index (χ0v) is 11.6. The summed E-state index contributed by atoms with van der Waals surface area (Å²) in [4.78, 5) is 16.4. The Morgan fingerprint density at radius 3 is 3.20 bits per heavy atom. The van der Waals surface area contributed by atoms with Gasteiger partial charge in [0.1, 0.15) is 5.82 Å². The normalized spacial score (nSPS) is 17.8. The second kappa shape index (κ2) is 5.48. The topological polar surface area (TPSA) is 64.7 Å². The molecule has 0 saturated carbocycles. The lowest BCUT2D eigenvalue weighted by Gasteiger charge is -2.22. The Bertz CT molecular complexity index is 600. The molecule has 0 aliphatic carbocycles. The number of imidazole rings is 1. The maximum atomic E-state index is 12.2. The van der Waals surface area contributed by atoms with Gasteiger partial charge in [-0.3, -0.25) is 9.48 Å². The van der Waals surface area contributed by atoms with E-state index >= 15 is 0 Å². The number of fused-ring (bicyclic) bond motifs is 1. The molecule has 3 heterocycles. The zero-order chi connectivity index (χ0) is 13.9. The van der Waals surface area contributed by atoms with Crippen molar-refractivity contribution in [3.8, 4) is 0 Å². The Labute approximate surface area is 117 Å². The van der Waals surface area contributed by atoms with Gasteiger partial charge in [-0.2, -0.15) is 5.10 Å². The molecule has 1 unspecified atom stereocenters. The van der Waals surface area contributed by atoms with E-state index in [1.54, 1.807) is 12.4 Å². The molecule has 1 N–H and O–H groups in total. The number of nitrogens with one attached hydrogen (secondary N) is 1. The van der Waals surface area contributed by atoms with E-state index in [2.05, 4.69) is 15.4 Å². The van der Waals surface area contributed by atoms with Gasteiger partial charge in [-0.25, -0.2) is 4.98 Å². The third kappa shape index (κ3) is 2.59. The number of carbonyl (C=O) groups excluding carboxylic acids is 1. The van der Waals surface area contributed by atoms with Crippen LogP contribution in [-0.4, -0.2) is 31.8 Å². The maximum absolute atomic E-state index is 12.2. The van der Waals surface area contributed by atoms with Crippen molar-refractivity contribution in [2.24, 2.45) is 13.0 Å². The molecule has 106 valence electrons. The van der Waals surface area contributed by atoms with Crippen molar-refractivity contribution >= 4 is 5.91 Å². The molecule has 20 heavy (non-hydrogen) atoms. The predicted octanol–water partition coefficient (Wildman–Crippen LogP) is 0.538. The van der Waals surface area contributed by atoms with Gasteiger partial charge in [-0.05, 0) is 12.5 Å². The van der Waals surface area contributed by atoms with Gasteiger partial charge in [0.2, 0.25) is 5.91 Å². The predicted molar refractivity (Wildman–Crippen MR) is 74.0 cm³/mol. The summed E-state index contributed by atoms with van der Waals surface area (Å²) in [7, 11) is 1.96. The minimum Gasteiger partial charge on any atom is -0.355 e. The Morgan fingerprint density at radius 2 is 2.40 bits per heavy atom. The molecule has 0 radical (unpaired) electrons. The van der Waals surface area contributed by atoms with Crippen LogP contribution in [0.4, 0.5) is 0 Å². The molecule has 2 aromatic heterocycles. The largest absolute Gasteiger partial charge is 0.355 e. The molecule has 1 amide bonds. The van der Waals surface area contributed by atoms with Gasteiger partial charge in [-0.1, -0.05) is 0 Å². The van der Waals surface area contributed by atoms with E-state index in [1.807, 2.05) is 28.6 Å². The fourth-order valence-corrected chi connectivity index (χ4v) is 2.67. The highest BCUT2D eigenvalue weighted by atomic mass is 16.1. The number of amides is 1. The van der Waals surface area contributed by atoms with Crippen LogP contribution in [0.1, 0.15) is 17.9 Å². The van der Waals surface area contributed by atoms with Gasteiger partial charge >= 0.3 is 0 Å². The monoisotopic (exact) mass is 273 g/mol. The van der Waals surface area contributed by atoms with Gasteiger partial charge in [0, 0.05) is 63.2 Å². The lowest BCUT2D eigenvalue weighted by atomic mass is 9.95. The molecule has 0 aromatic carbocycles. The summed E-state index contributed by atoms with van der Waals surface area (Å²) in [6.45, 7) is 1.47. The molecular weight excluding hydrogens is 254 g/mol. The first-order valence-electron chi connectivity index (χ1n) is 6.98. The molecule has 0 bridgehead atoms. The highest BCUT2D eigenvalue weighted by Crippen LogP contribution is 2.19. The van der Waals surface area contributed by atoms with Crippen LogP contribution in [-0.2, 0) is 31.2 Å². The molecule has 1 aliphatic heterocycles. The van der Waals surface area contributed by atoms with Gasteiger partial charge in [0.25, 0.3) is 0 Å². The van der Waals surface area contributed by atoms with E-state index in [9.17, 15) is 4.79 Å². The second-order valence-corrected chi connectivity index (χ2v) is 5.23. The van der Waals surface area contributed by atoms with Crippen molar-refractivity contribution < 1.29 is 4.79 Å². The van der Waals surface area contributed by atoms with E-state index < -0.39 is 0 Å². The van der Waals surface area contributed by atoms with Crippen molar-refractivity contribution in [1.29, 1.82) is 0 Å². The van der Waals surface area contributed by atoms with Crippen LogP contribution in [0.15, 0.2) is 24.7 Å². The number of hydrogen-bond donors (Lipinski definition) is 1. The Kier molecular flexibility index (Phi) is 3.54. The number of carbonyl (C=O) groups is 1. The average molecular weight is 273 g/mol. The first-order valence-corrected chi connectivity index (χ1v) is 6.98. The van der Waals surface area contributed by atoms with Crippen LogP contribution in [0.25, 0.3) is 0 Å². The number of hydrogen-bond acceptors (Lipinski definition) is 3. The van der Waals surface area contributed by atoms with Crippen molar-refractivity contribution in [3.63, 3.8) is 0 Å². The molecule has 3 rings (SSSR count). The van der Waals surface area contributed by atoms with Gasteiger partial charge in [-0.15, -0.1) is 0 Å². The summed E-state index contributed by atoms with van der Waals surface area (Å²) in [5, 5.41) is 7.25. The van der Waals surface area contributed by atoms with Crippen molar-refractivity contribution in [2.45, 2.75) is 25.8 Å². The van der Waals surface area contributed by atoms with Crippen molar-refractivity contribution in [3.05, 3.63) is 36.2 Å². The van der Waals surface area contributed by atoms with Crippen LogP contribution in [0.3, 0.4) is 0 Å². The number of aryl methyl sites for hydroxylation is 2. The Morgan fingerprint density at radius 1 is 1.50 bits per heavy atom. The summed E-state index contributed by atoms with van der Waals surface area (Å²) < 4.78 is 3.96. The van der Waals surface area contributed by atoms with E-state index in [-0.39, 0.29) is 11.8 Å². The second-order valence-electron chi connectivity index (χ2n) is 5.23. The molecule has 6 heteroatoms. The van der Waals surface area contributed by atoms with Crippen LogP contribution < -0.4 is 5.32 Å². The fraction of sp³-hybridized carbons (Fsp3) is 0.500. The zero-order valence-electron chi connectivity index (χ0n) is 11.6. The molecule has 0 saturated heterocycles. The third-order valence-electron chi connectivity index (χ3n) is 3.89. The number of aromatic nitrogens is 4. The van der Waals surface area contributed by atoms with Crippen LogP contribution in [0.5, 0.6) is 0 Å². The van der Waals surface area contributed by atoms with Crippen LogP contribution in [0, 0.1) is 5.92 Å². The van der Waals surface area contributed by atoms with Crippen LogP contribution in [0.2, 0.25) is 0 Å². The first kappa shape index (κ1) is 12.9. The lowest BCUT2D eigenvalue weighted by molar-refractivity contribution is -0.125. The minimum atomic E-state index is 0.0700. The summed E-state index contributed by atoms with van der Waals surface area (Å²) >= 11 is 0. The summed E-state index contributed by atoms with van der Waals surface area (Å²) in [5.41, 5.74) is 1.15. The molecular formula is C14H19N5O. The molecule has 0 spiro atoms. The summed E-state index contributed by atoms with van der Waals surface area (Å²) in [5.74, 6) is 1.21. The van der Waals surface area contributed by atoms with Crippen molar-refractivity contribution in [2.75, 3.05) is 6.54 Å². The minimum absolute atomic E-state index is 0.0700. The van der Waals surface area contributed by atoms with E-state index in [1.165, 1.54) is 0 Å². The fourth-order valence-electron chi connectivity index (χ4n) is 2.67. The van der Waals surface area contributed by atoms with E-state index in [0.29, 0.717) is 6.54 Å². The SMILES string of the molecule is Cn1ccnc1CCNC(=O)C1CCn2nccc2C1. The van der Waals surface area contributed by atoms with E-state index in [0.717, 1.165) is 37.3 Å². The Balaban J connectivity index is 1.49. The van der Waals surface area contributed by atoms with Gasteiger partial charge < -0.3 is 9.88 Å². The van der Waals surface area contributed by atoms with Crippen LogP contribution >= 0.6 is 0 Å². The first-order chi connectivity index (χ1) is 9.74. The standard InChI is InChI=1S/C14H19N5O/c1-18-9-7-15-13(18)3-5-16-14(20)11-4-8-19-12(10-11)2-6-17-19/h2,6-7,9,11H,3-5,8,10H2,1H3,(H,16,20). The average Bonchev–Trinajstić information content (AvgIpc) is 3.07. The summed E-state index contributed by atoms with van der Waals surface area (Å²) in [6, 6.07) is 1.99. The number of nitrogens with zero attached hydrogens (tertiary/aromatic N) is 4. The summed E-state index contributed by atoms with van der Waals surface area (Å²) in [6.07, 6.45) is 7.91. The maximum Gasteiger partial charge on any atom is 0.223 e. The smallest absolute Gasteiger partial charge is 0.223 e. The van der Waals surface area contributed by atoms with Gasteiger partial charge in [0.15, 0.2) is 0 Å². The quantitative estimate of drug-likeness (QED) is 0.884. The van der Waals surface area contributed by atoms with Gasteiger partial charge in [0.05, 0.1) is 0 Å². The number of rotatable bonds is 4. The lowest BCUT2D eigenvalue weighted by Crippen LogP contribution is -2.36. The third-order valence-corrected chi connectivity index (χ3v) is 3.89. The molecule has 1 aliphatic rings. The molecule has 6 nitrogen and oxygen atoms in total. The van der Waals surface area contributed by atoms with Crippen molar-refractivity contribution in [1.82, 2.24) is 24.6 Å².